The average Bonchev–Trinajstić information content (AvgIpc) is 3.28. The first-order valence-electron chi connectivity index (χ1n) is 10.4. The van der Waals surface area contributed by atoms with Crippen LogP contribution in [0.2, 0.25) is 0 Å². The molecule has 2 heterocycles. The van der Waals surface area contributed by atoms with Crippen molar-refractivity contribution in [3.63, 3.8) is 0 Å². The van der Waals surface area contributed by atoms with Gasteiger partial charge in [-0.25, -0.2) is 0 Å². The standard InChI is InChI=1S/C25H27N3O2/c1-18(20-9-5-10-21(13-20)22-11-6-12-26-15-22)28-25(29)24-14-23(16-27-24)30-17-19-7-3-2-4-8-19/h2-13,15,18,23-24,27H,14,16-17H2,1H3,(H,28,29)/t18?,23-,24?/m0/s1. The maximum Gasteiger partial charge on any atom is 0.237 e. The molecule has 0 spiro atoms. The van der Waals surface area contributed by atoms with Crippen molar-refractivity contribution < 1.29 is 9.53 Å². The molecule has 0 aliphatic carbocycles. The Balaban J connectivity index is 1.31. The Labute approximate surface area is 177 Å². The smallest absolute Gasteiger partial charge is 0.237 e. The van der Waals surface area contributed by atoms with Gasteiger partial charge in [-0.3, -0.25) is 9.78 Å². The maximum atomic E-state index is 12.8. The highest BCUT2D eigenvalue weighted by Crippen LogP contribution is 2.23. The lowest BCUT2D eigenvalue weighted by Gasteiger charge is -2.18. The van der Waals surface area contributed by atoms with Gasteiger partial charge in [-0.1, -0.05) is 54.6 Å². The van der Waals surface area contributed by atoms with E-state index in [1.165, 1.54) is 0 Å². The minimum Gasteiger partial charge on any atom is -0.372 e. The predicted molar refractivity (Wildman–Crippen MR) is 118 cm³/mol. The highest BCUT2D eigenvalue weighted by Gasteiger charge is 2.30. The number of hydrogen-bond donors (Lipinski definition) is 2. The van der Waals surface area contributed by atoms with Gasteiger partial charge in [0.1, 0.15) is 0 Å². The fourth-order valence-corrected chi connectivity index (χ4v) is 3.74. The molecule has 3 aromatic rings. The molecule has 2 N–H and O–H groups in total. The number of aromatic nitrogens is 1. The number of benzene rings is 2. The summed E-state index contributed by atoms with van der Waals surface area (Å²) in [5.41, 5.74) is 4.37. The van der Waals surface area contributed by atoms with Crippen LogP contribution in [0.25, 0.3) is 11.1 Å². The molecule has 5 nitrogen and oxygen atoms in total. The molecule has 1 saturated heterocycles. The number of pyridine rings is 1. The van der Waals surface area contributed by atoms with Crippen molar-refractivity contribution in [3.8, 4) is 11.1 Å². The molecule has 1 aromatic heterocycles. The third kappa shape index (κ3) is 5.12. The van der Waals surface area contributed by atoms with Gasteiger partial charge in [-0.15, -0.1) is 0 Å². The van der Waals surface area contributed by atoms with Crippen molar-refractivity contribution >= 4 is 5.91 Å². The highest BCUT2D eigenvalue weighted by atomic mass is 16.5. The van der Waals surface area contributed by atoms with Crippen LogP contribution in [-0.4, -0.2) is 29.6 Å². The number of nitrogens with one attached hydrogen (secondary N) is 2. The molecular weight excluding hydrogens is 374 g/mol. The molecule has 0 radical (unpaired) electrons. The lowest BCUT2D eigenvalue weighted by molar-refractivity contribution is -0.123. The molecular formula is C25H27N3O2. The Morgan fingerprint density at radius 3 is 2.77 bits per heavy atom. The minimum absolute atomic E-state index is 0.0140. The van der Waals surface area contributed by atoms with Crippen molar-refractivity contribution in [3.05, 3.63) is 90.3 Å². The second-order valence-electron chi connectivity index (χ2n) is 7.71. The summed E-state index contributed by atoms with van der Waals surface area (Å²) in [7, 11) is 0. The number of amides is 1. The van der Waals surface area contributed by atoms with Crippen LogP contribution in [0.5, 0.6) is 0 Å². The van der Waals surface area contributed by atoms with Crippen LogP contribution in [0.15, 0.2) is 79.1 Å². The molecule has 1 amide bonds. The van der Waals surface area contributed by atoms with E-state index in [0.29, 0.717) is 19.6 Å². The van der Waals surface area contributed by atoms with E-state index in [2.05, 4.69) is 27.8 Å². The molecule has 1 aliphatic rings. The number of rotatable bonds is 7. The number of nitrogens with zero attached hydrogens (tertiary/aromatic N) is 1. The van der Waals surface area contributed by atoms with E-state index >= 15 is 0 Å². The zero-order valence-corrected chi connectivity index (χ0v) is 17.1. The number of carbonyl (C=O) groups is 1. The van der Waals surface area contributed by atoms with Gasteiger partial charge in [0.05, 0.1) is 24.8 Å². The van der Waals surface area contributed by atoms with E-state index in [0.717, 1.165) is 22.3 Å². The first-order chi connectivity index (χ1) is 14.7. The molecule has 2 unspecified atom stereocenters. The molecule has 154 valence electrons. The number of carbonyl (C=O) groups excluding carboxylic acids is 1. The van der Waals surface area contributed by atoms with Gasteiger partial charge in [-0.2, -0.15) is 0 Å². The first kappa shape index (κ1) is 20.3. The van der Waals surface area contributed by atoms with E-state index < -0.39 is 0 Å². The Morgan fingerprint density at radius 1 is 1.13 bits per heavy atom. The van der Waals surface area contributed by atoms with Crippen LogP contribution in [0.3, 0.4) is 0 Å². The lowest BCUT2D eigenvalue weighted by atomic mass is 10.0. The quantitative estimate of drug-likeness (QED) is 0.631. The molecule has 1 aliphatic heterocycles. The lowest BCUT2D eigenvalue weighted by Crippen LogP contribution is -2.41. The predicted octanol–water partition coefficient (Wildman–Crippen LogP) is 3.87. The van der Waals surface area contributed by atoms with Crippen LogP contribution >= 0.6 is 0 Å². The Hall–Kier alpha value is -3.02. The van der Waals surface area contributed by atoms with Crippen molar-refractivity contribution in [1.82, 2.24) is 15.6 Å². The van der Waals surface area contributed by atoms with Crippen molar-refractivity contribution in [2.75, 3.05) is 6.54 Å². The fourth-order valence-electron chi connectivity index (χ4n) is 3.74. The largest absolute Gasteiger partial charge is 0.372 e. The summed E-state index contributed by atoms with van der Waals surface area (Å²) in [6, 6.07) is 22.0. The minimum atomic E-state index is -0.227. The molecule has 0 bridgehead atoms. The number of ether oxygens (including phenoxy) is 1. The second kappa shape index (κ2) is 9.65. The maximum absolute atomic E-state index is 12.8. The van der Waals surface area contributed by atoms with Gasteiger partial charge < -0.3 is 15.4 Å². The van der Waals surface area contributed by atoms with Gasteiger partial charge in [0.2, 0.25) is 5.91 Å². The van der Waals surface area contributed by atoms with Crippen molar-refractivity contribution in [1.29, 1.82) is 0 Å². The molecule has 5 heteroatoms. The summed E-state index contributed by atoms with van der Waals surface area (Å²) >= 11 is 0. The Morgan fingerprint density at radius 2 is 1.97 bits per heavy atom. The van der Waals surface area contributed by atoms with E-state index in [4.69, 9.17) is 4.74 Å². The fraction of sp³-hybridized carbons (Fsp3) is 0.280. The summed E-state index contributed by atoms with van der Waals surface area (Å²) in [5, 5.41) is 6.43. The third-order valence-corrected chi connectivity index (χ3v) is 5.48. The number of hydrogen-bond acceptors (Lipinski definition) is 4. The van der Waals surface area contributed by atoms with Crippen LogP contribution in [0.4, 0.5) is 0 Å². The van der Waals surface area contributed by atoms with Gasteiger partial charge in [0.15, 0.2) is 0 Å². The van der Waals surface area contributed by atoms with Crippen LogP contribution in [0.1, 0.15) is 30.5 Å². The highest BCUT2D eigenvalue weighted by molar-refractivity contribution is 5.82. The van der Waals surface area contributed by atoms with E-state index in [-0.39, 0.29) is 24.1 Å². The average molecular weight is 402 g/mol. The van der Waals surface area contributed by atoms with Crippen molar-refractivity contribution in [2.24, 2.45) is 0 Å². The molecule has 30 heavy (non-hydrogen) atoms. The summed E-state index contributed by atoms with van der Waals surface area (Å²) < 4.78 is 5.98. The monoisotopic (exact) mass is 401 g/mol. The summed E-state index contributed by atoms with van der Waals surface area (Å²) in [6.45, 7) is 3.27. The normalized spacial score (nSPS) is 19.4. The SMILES string of the molecule is CC(NC(=O)C1C[C@H](OCc2ccccc2)CN1)c1cccc(-c2cccnc2)c1. The summed E-state index contributed by atoms with van der Waals surface area (Å²) in [6.07, 6.45) is 4.34. The van der Waals surface area contributed by atoms with Crippen LogP contribution < -0.4 is 10.6 Å². The topological polar surface area (TPSA) is 63.2 Å². The third-order valence-electron chi connectivity index (χ3n) is 5.48. The Bertz CT molecular complexity index is 962. The molecule has 3 atom stereocenters. The van der Waals surface area contributed by atoms with Gasteiger partial charge in [-0.05, 0) is 47.7 Å². The zero-order valence-electron chi connectivity index (χ0n) is 17.1. The zero-order chi connectivity index (χ0) is 20.8. The van der Waals surface area contributed by atoms with Gasteiger partial charge in [0, 0.05) is 18.9 Å². The van der Waals surface area contributed by atoms with E-state index in [9.17, 15) is 4.79 Å². The summed E-state index contributed by atoms with van der Waals surface area (Å²) in [4.78, 5) is 17.0. The first-order valence-corrected chi connectivity index (χ1v) is 10.4. The van der Waals surface area contributed by atoms with Crippen molar-refractivity contribution in [2.45, 2.75) is 38.1 Å². The second-order valence-corrected chi connectivity index (χ2v) is 7.71. The van der Waals surface area contributed by atoms with Crippen LogP contribution in [0, 0.1) is 0 Å². The molecule has 4 rings (SSSR count). The Kier molecular flexibility index (Phi) is 6.52. The molecule has 2 aromatic carbocycles. The molecule has 1 fully saturated rings. The van der Waals surface area contributed by atoms with E-state index in [1.54, 1.807) is 6.20 Å². The van der Waals surface area contributed by atoms with Gasteiger partial charge in [0.25, 0.3) is 0 Å². The van der Waals surface area contributed by atoms with Gasteiger partial charge >= 0.3 is 0 Å². The molecule has 0 saturated carbocycles. The van der Waals surface area contributed by atoms with E-state index in [1.807, 2.05) is 67.7 Å². The summed E-state index contributed by atoms with van der Waals surface area (Å²) in [5.74, 6) is 0.0140. The van der Waals surface area contributed by atoms with Crippen LogP contribution in [-0.2, 0) is 16.1 Å².